The molecule has 0 bridgehead atoms. The number of piperidine rings is 1. The van der Waals surface area contributed by atoms with Gasteiger partial charge in [-0.2, -0.15) is 11.8 Å². The third-order valence-corrected chi connectivity index (χ3v) is 4.26. The zero-order valence-corrected chi connectivity index (χ0v) is 11.5. The van der Waals surface area contributed by atoms with E-state index < -0.39 is 0 Å². The molecule has 0 saturated carbocycles. The van der Waals surface area contributed by atoms with E-state index in [0.29, 0.717) is 0 Å². The number of carbonyl (C=O) groups excluding carboxylic acids is 1. The molecule has 0 aliphatic carbocycles. The molecule has 1 heterocycles. The van der Waals surface area contributed by atoms with E-state index >= 15 is 0 Å². The van der Waals surface area contributed by atoms with Crippen molar-refractivity contribution in [2.75, 3.05) is 25.1 Å². The molecule has 1 saturated heterocycles. The Balaban J connectivity index is 2.54. The molecular weight excluding hydrogens is 220 g/mol. The van der Waals surface area contributed by atoms with Gasteiger partial charge in [0.25, 0.3) is 0 Å². The molecule has 0 spiro atoms. The Morgan fingerprint density at radius 3 is 2.88 bits per heavy atom. The van der Waals surface area contributed by atoms with Crippen LogP contribution in [0.4, 0.5) is 0 Å². The highest BCUT2D eigenvalue weighted by Crippen LogP contribution is 2.30. The highest BCUT2D eigenvalue weighted by molar-refractivity contribution is 7.98. The summed E-state index contributed by atoms with van der Waals surface area (Å²) >= 11 is 1.77. The van der Waals surface area contributed by atoms with Gasteiger partial charge < -0.3 is 10.6 Å². The fourth-order valence-corrected chi connectivity index (χ4v) is 2.88. The largest absolute Gasteiger partial charge is 0.352 e. The van der Waals surface area contributed by atoms with Crippen molar-refractivity contribution in [1.82, 2.24) is 10.6 Å². The van der Waals surface area contributed by atoms with E-state index in [9.17, 15) is 4.79 Å². The molecule has 0 aromatic carbocycles. The van der Waals surface area contributed by atoms with Crippen molar-refractivity contribution in [2.24, 2.45) is 5.41 Å². The second kappa shape index (κ2) is 6.50. The number of hydrogen-bond acceptors (Lipinski definition) is 3. The predicted octanol–water partition coefficient (Wildman–Crippen LogP) is 1.63. The average Bonchev–Trinajstić information content (AvgIpc) is 2.30. The zero-order chi connectivity index (χ0) is 12.0. The Kier molecular flexibility index (Phi) is 5.62. The Morgan fingerprint density at radius 2 is 2.38 bits per heavy atom. The molecule has 1 aliphatic rings. The van der Waals surface area contributed by atoms with Crippen molar-refractivity contribution in [1.29, 1.82) is 0 Å². The molecule has 3 nitrogen and oxygen atoms in total. The lowest BCUT2D eigenvalue weighted by molar-refractivity contribution is -0.132. The van der Waals surface area contributed by atoms with Crippen molar-refractivity contribution in [3.05, 3.63) is 0 Å². The minimum absolute atomic E-state index is 0.162. The van der Waals surface area contributed by atoms with E-state index in [4.69, 9.17) is 0 Å². The van der Waals surface area contributed by atoms with E-state index in [2.05, 4.69) is 30.7 Å². The smallest absolute Gasteiger partial charge is 0.227 e. The van der Waals surface area contributed by atoms with Crippen LogP contribution in [0, 0.1) is 5.41 Å². The first-order valence-electron chi connectivity index (χ1n) is 6.15. The van der Waals surface area contributed by atoms with Crippen LogP contribution in [-0.2, 0) is 4.79 Å². The first-order chi connectivity index (χ1) is 7.64. The molecule has 0 aromatic heterocycles. The SMILES string of the molecule is CCC1(C(=O)NC(C)CSC)CCCNC1. The summed E-state index contributed by atoms with van der Waals surface area (Å²) in [7, 11) is 0. The standard InChI is InChI=1S/C12H24N2OS/c1-4-12(6-5-7-13-9-12)11(15)14-10(2)8-16-3/h10,13H,4-9H2,1-3H3,(H,14,15). The number of carbonyl (C=O) groups is 1. The predicted molar refractivity (Wildman–Crippen MR) is 70.8 cm³/mol. The summed E-state index contributed by atoms with van der Waals surface area (Å²) in [6.07, 6.45) is 5.13. The van der Waals surface area contributed by atoms with Gasteiger partial charge in [0, 0.05) is 18.3 Å². The van der Waals surface area contributed by atoms with Crippen LogP contribution in [0.5, 0.6) is 0 Å². The lowest BCUT2D eigenvalue weighted by atomic mass is 9.77. The molecule has 94 valence electrons. The average molecular weight is 244 g/mol. The Labute approximate surface area is 103 Å². The maximum absolute atomic E-state index is 12.3. The van der Waals surface area contributed by atoms with Gasteiger partial charge in [-0.3, -0.25) is 4.79 Å². The number of thioether (sulfide) groups is 1. The highest BCUT2D eigenvalue weighted by Gasteiger charge is 2.38. The lowest BCUT2D eigenvalue weighted by Gasteiger charge is -2.36. The minimum atomic E-state index is -0.162. The normalized spacial score (nSPS) is 27.4. The third kappa shape index (κ3) is 3.39. The highest BCUT2D eigenvalue weighted by atomic mass is 32.2. The molecule has 16 heavy (non-hydrogen) atoms. The summed E-state index contributed by atoms with van der Waals surface area (Å²) < 4.78 is 0. The number of rotatable bonds is 5. The van der Waals surface area contributed by atoms with Crippen molar-refractivity contribution in [3.8, 4) is 0 Å². The molecule has 4 heteroatoms. The fraction of sp³-hybridized carbons (Fsp3) is 0.917. The van der Waals surface area contributed by atoms with Crippen LogP contribution >= 0.6 is 11.8 Å². The first kappa shape index (κ1) is 13.8. The molecule has 2 N–H and O–H groups in total. The van der Waals surface area contributed by atoms with Gasteiger partial charge in [0.15, 0.2) is 0 Å². The maximum Gasteiger partial charge on any atom is 0.227 e. The second-order valence-corrected chi connectivity index (χ2v) is 5.65. The summed E-state index contributed by atoms with van der Waals surface area (Å²) in [5.41, 5.74) is -0.162. The Bertz CT molecular complexity index is 227. The van der Waals surface area contributed by atoms with Gasteiger partial charge >= 0.3 is 0 Å². The molecule has 0 aromatic rings. The van der Waals surface area contributed by atoms with Crippen LogP contribution in [0.1, 0.15) is 33.1 Å². The molecule has 1 aliphatic heterocycles. The van der Waals surface area contributed by atoms with Crippen LogP contribution < -0.4 is 10.6 Å². The van der Waals surface area contributed by atoms with Crippen LogP contribution in [0.3, 0.4) is 0 Å². The zero-order valence-electron chi connectivity index (χ0n) is 10.6. The summed E-state index contributed by atoms with van der Waals surface area (Å²) in [5, 5.41) is 6.49. The molecular formula is C12H24N2OS. The van der Waals surface area contributed by atoms with E-state index in [0.717, 1.165) is 38.1 Å². The Hall–Kier alpha value is -0.220. The fourth-order valence-electron chi connectivity index (χ4n) is 2.29. The van der Waals surface area contributed by atoms with Gasteiger partial charge in [-0.1, -0.05) is 6.92 Å². The van der Waals surface area contributed by atoms with Crippen molar-refractivity contribution >= 4 is 17.7 Å². The van der Waals surface area contributed by atoms with E-state index in [-0.39, 0.29) is 17.4 Å². The summed E-state index contributed by atoms with van der Waals surface area (Å²) in [4.78, 5) is 12.3. The first-order valence-corrected chi connectivity index (χ1v) is 7.54. The summed E-state index contributed by atoms with van der Waals surface area (Å²) in [6, 6.07) is 0.271. The van der Waals surface area contributed by atoms with Gasteiger partial charge in [0.1, 0.15) is 0 Å². The van der Waals surface area contributed by atoms with Crippen molar-refractivity contribution < 1.29 is 4.79 Å². The molecule has 2 atom stereocenters. The Morgan fingerprint density at radius 1 is 1.62 bits per heavy atom. The van der Waals surface area contributed by atoms with Crippen LogP contribution in [-0.4, -0.2) is 37.0 Å². The van der Waals surface area contributed by atoms with E-state index in [1.165, 1.54) is 0 Å². The third-order valence-electron chi connectivity index (χ3n) is 3.42. The van der Waals surface area contributed by atoms with Crippen LogP contribution in [0.15, 0.2) is 0 Å². The monoisotopic (exact) mass is 244 g/mol. The summed E-state index contributed by atoms with van der Waals surface area (Å²) in [6.45, 7) is 6.08. The lowest BCUT2D eigenvalue weighted by Crippen LogP contribution is -2.52. The van der Waals surface area contributed by atoms with Crippen LogP contribution in [0.2, 0.25) is 0 Å². The molecule has 1 rings (SSSR count). The molecule has 0 radical (unpaired) electrons. The number of hydrogen-bond donors (Lipinski definition) is 2. The van der Waals surface area contributed by atoms with Gasteiger partial charge in [-0.25, -0.2) is 0 Å². The maximum atomic E-state index is 12.3. The van der Waals surface area contributed by atoms with Gasteiger partial charge in [-0.15, -0.1) is 0 Å². The van der Waals surface area contributed by atoms with Gasteiger partial charge in [0.05, 0.1) is 5.41 Å². The molecule has 1 amide bonds. The molecule has 2 unspecified atom stereocenters. The number of amides is 1. The second-order valence-electron chi connectivity index (χ2n) is 4.74. The number of nitrogens with one attached hydrogen (secondary N) is 2. The molecule has 1 fully saturated rings. The van der Waals surface area contributed by atoms with E-state index in [1.54, 1.807) is 11.8 Å². The van der Waals surface area contributed by atoms with Crippen molar-refractivity contribution in [3.63, 3.8) is 0 Å². The minimum Gasteiger partial charge on any atom is -0.352 e. The van der Waals surface area contributed by atoms with Gasteiger partial charge in [0.2, 0.25) is 5.91 Å². The quantitative estimate of drug-likeness (QED) is 0.772. The van der Waals surface area contributed by atoms with Gasteiger partial charge in [-0.05, 0) is 39.0 Å². The summed E-state index contributed by atoms with van der Waals surface area (Å²) in [5.74, 6) is 1.22. The van der Waals surface area contributed by atoms with Crippen molar-refractivity contribution in [2.45, 2.75) is 39.2 Å². The van der Waals surface area contributed by atoms with Crippen LogP contribution in [0.25, 0.3) is 0 Å². The topological polar surface area (TPSA) is 41.1 Å². The van der Waals surface area contributed by atoms with E-state index in [1.807, 2.05) is 0 Å².